The van der Waals surface area contributed by atoms with Gasteiger partial charge in [-0.1, -0.05) is 67.4 Å². The van der Waals surface area contributed by atoms with Crippen molar-refractivity contribution in [2.45, 2.75) is 26.2 Å². The van der Waals surface area contributed by atoms with Gasteiger partial charge in [-0.05, 0) is 80.6 Å². The van der Waals surface area contributed by atoms with Crippen molar-refractivity contribution in [3.05, 3.63) is 81.3 Å². The van der Waals surface area contributed by atoms with E-state index in [1.807, 2.05) is 12.1 Å². The third kappa shape index (κ3) is 1.98. The lowest BCUT2D eigenvalue weighted by Gasteiger charge is -2.36. The fourth-order valence-electron chi connectivity index (χ4n) is 4.69. The molecule has 1 aliphatic rings. The summed E-state index contributed by atoms with van der Waals surface area (Å²) in [7, 11) is 0. The number of fused-ring (bicyclic) bond motifs is 4. The van der Waals surface area contributed by atoms with Gasteiger partial charge in [-0.3, -0.25) is 0 Å². The number of hydrogen-bond acceptors (Lipinski definition) is 0. The Labute approximate surface area is 163 Å². The van der Waals surface area contributed by atoms with Crippen LogP contribution in [0.5, 0.6) is 0 Å². The fraction of sp³-hybridized carbons (Fsp3) is 0.167. The molecule has 0 aliphatic heterocycles. The van der Waals surface area contributed by atoms with Gasteiger partial charge < -0.3 is 0 Å². The van der Waals surface area contributed by atoms with Crippen molar-refractivity contribution in [1.82, 2.24) is 0 Å². The molecule has 0 radical (unpaired) electrons. The van der Waals surface area contributed by atoms with Gasteiger partial charge in [0.05, 0.1) is 0 Å². The smallest absolute Gasteiger partial charge is 0.0412 e. The zero-order chi connectivity index (χ0) is 18.2. The van der Waals surface area contributed by atoms with Gasteiger partial charge in [-0.15, -0.1) is 0 Å². The van der Waals surface area contributed by atoms with Crippen LogP contribution in [-0.2, 0) is 5.41 Å². The van der Waals surface area contributed by atoms with Gasteiger partial charge in [-0.25, -0.2) is 0 Å². The van der Waals surface area contributed by atoms with E-state index in [1.165, 1.54) is 49.4 Å². The molecule has 0 N–H and O–H groups in total. The number of halogens is 2. The highest BCUT2D eigenvalue weighted by atomic mass is 35.5. The molecule has 0 saturated carbocycles. The molecular formula is C24H18Cl2. The molecule has 0 aromatic heterocycles. The Kier molecular flexibility index (Phi) is 3.27. The van der Waals surface area contributed by atoms with Gasteiger partial charge in [0.1, 0.15) is 0 Å². The number of rotatable bonds is 0. The molecule has 26 heavy (non-hydrogen) atoms. The first-order chi connectivity index (χ1) is 12.4. The van der Waals surface area contributed by atoms with Crippen LogP contribution in [-0.4, -0.2) is 0 Å². The third-order valence-corrected chi connectivity index (χ3v) is 6.43. The summed E-state index contributed by atoms with van der Waals surface area (Å²) in [5.41, 5.74) is 6.46. The van der Waals surface area contributed by atoms with Gasteiger partial charge in [0.15, 0.2) is 0 Å². The van der Waals surface area contributed by atoms with Crippen LogP contribution in [0.1, 0.15) is 30.5 Å². The van der Waals surface area contributed by atoms with E-state index < -0.39 is 0 Å². The zero-order valence-electron chi connectivity index (χ0n) is 15.0. The minimum absolute atomic E-state index is 0.106. The van der Waals surface area contributed by atoms with E-state index in [2.05, 4.69) is 63.2 Å². The molecule has 5 rings (SSSR count). The zero-order valence-corrected chi connectivity index (χ0v) is 16.5. The normalized spacial score (nSPS) is 14.7. The average molecular weight is 377 g/mol. The van der Waals surface area contributed by atoms with E-state index in [0.717, 1.165) is 10.0 Å². The molecule has 1 aliphatic carbocycles. The lowest BCUT2D eigenvalue weighted by molar-refractivity contribution is 0.645. The van der Waals surface area contributed by atoms with Crippen LogP contribution in [0.15, 0.2) is 54.6 Å². The van der Waals surface area contributed by atoms with Crippen molar-refractivity contribution in [3.8, 4) is 11.1 Å². The Morgan fingerprint density at radius 2 is 1.46 bits per heavy atom. The number of hydrogen-bond donors (Lipinski definition) is 0. The average Bonchev–Trinajstić information content (AvgIpc) is 2.61. The topological polar surface area (TPSA) is 0 Å². The summed E-state index contributed by atoms with van der Waals surface area (Å²) in [5, 5.41) is 6.67. The lowest BCUT2D eigenvalue weighted by Crippen LogP contribution is -2.24. The number of benzene rings is 4. The van der Waals surface area contributed by atoms with Gasteiger partial charge in [-0.2, -0.15) is 0 Å². The standard InChI is InChI=1S/C24H18Cl2/c1-13-16-9-7-14(25)11-19(16)17-5-4-6-20-23(17)22(13)18-10-8-15(26)12-21(18)24(20,2)3/h4-12H,1-3H3. The summed E-state index contributed by atoms with van der Waals surface area (Å²) >= 11 is 12.7. The van der Waals surface area contributed by atoms with E-state index >= 15 is 0 Å². The fourth-order valence-corrected chi connectivity index (χ4v) is 5.03. The van der Waals surface area contributed by atoms with Gasteiger partial charge in [0.2, 0.25) is 0 Å². The molecule has 0 atom stereocenters. The quantitative estimate of drug-likeness (QED) is 0.273. The maximum Gasteiger partial charge on any atom is 0.0412 e. The molecule has 4 aromatic carbocycles. The molecular weight excluding hydrogens is 359 g/mol. The molecule has 4 aromatic rings. The van der Waals surface area contributed by atoms with Crippen LogP contribution in [0.4, 0.5) is 0 Å². The van der Waals surface area contributed by atoms with E-state index in [1.54, 1.807) is 0 Å². The number of aryl methyl sites for hydroxylation is 1. The Morgan fingerprint density at radius 3 is 2.27 bits per heavy atom. The van der Waals surface area contributed by atoms with Gasteiger partial charge in [0, 0.05) is 15.5 Å². The first-order valence-corrected chi connectivity index (χ1v) is 9.60. The van der Waals surface area contributed by atoms with Crippen molar-refractivity contribution < 1.29 is 0 Å². The van der Waals surface area contributed by atoms with Gasteiger partial charge in [0.25, 0.3) is 0 Å². The van der Waals surface area contributed by atoms with Crippen LogP contribution >= 0.6 is 23.2 Å². The largest absolute Gasteiger partial charge is 0.0843 e. The third-order valence-electron chi connectivity index (χ3n) is 5.96. The second kappa shape index (κ2) is 5.25. The highest BCUT2D eigenvalue weighted by Crippen LogP contribution is 2.52. The van der Waals surface area contributed by atoms with Crippen LogP contribution in [0, 0.1) is 6.92 Å². The predicted octanol–water partition coefficient (Wildman–Crippen LogP) is 7.91. The first-order valence-electron chi connectivity index (χ1n) is 8.85. The van der Waals surface area contributed by atoms with Gasteiger partial charge >= 0.3 is 0 Å². The van der Waals surface area contributed by atoms with Crippen molar-refractivity contribution in [3.63, 3.8) is 0 Å². The second-order valence-corrected chi connectivity index (χ2v) is 8.61. The van der Waals surface area contributed by atoms with Crippen LogP contribution < -0.4 is 0 Å². The highest BCUT2D eigenvalue weighted by Gasteiger charge is 2.34. The molecule has 0 unspecified atom stereocenters. The van der Waals surface area contributed by atoms with E-state index in [0.29, 0.717) is 0 Å². The van der Waals surface area contributed by atoms with Crippen molar-refractivity contribution in [1.29, 1.82) is 0 Å². The molecule has 2 heteroatoms. The molecule has 0 fully saturated rings. The maximum atomic E-state index is 6.37. The van der Waals surface area contributed by atoms with Crippen LogP contribution in [0.3, 0.4) is 0 Å². The molecule has 0 amide bonds. The van der Waals surface area contributed by atoms with Crippen LogP contribution in [0.2, 0.25) is 10.0 Å². The van der Waals surface area contributed by atoms with Crippen molar-refractivity contribution in [2.24, 2.45) is 0 Å². The van der Waals surface area contributed by atoms with E-state index in [4.69, 9.17) is 23.2 Å². The Balaban J connectivity index is 2.11. The summed E-state index contributed by atoms with van der Waals surface area (Å²) in [5.74, 6) is 0. The predicted molar refractivity (Wildman–Crippen MR) is 114 cm³/mol. The summed E-state index contributed by atoms with van der Waals surface area (Å²) in [6, 6.07) is 19.2. The Bertz CT molecular complexity index is 1230. The van der Waals surface area contributed by atoms with Crippen molar-refractivity contribution >= 4 is 44.7 Å². The molecule has 0 nitrogen and oxygen atoms in total. The monoisotopic (exact) mass is 376 g/mol. The first kappa shape index (κ1) is 16.2. The minimum Gasteiger partial charge on any atom is -0.0843 e. The molecule has 0 saturated heterocycles. The molecule has 128 valence electrons. The summed E-state index contributed by atoms with van der Waals surface area (Å²) in [6.07, 6.45) is 0. The maximum absolute atomic E-state index is 6.37. The van der Waals surface area contributed by atoms with Crippen LogP contribution in [0.25, 0.3) is 32.7 Å². The van der Waals surface area contributed by atoms with Crippen molar-refractivity contribution in [2.75, 3.05) is 0 Å². The Hall–Kier alpha value is -2.02. The van der Waals surface area contributed by atoms with E-state index in [-0.39, 0.29) is 5.41 Å². The summed E-state index contributed by atoms with van der Waals surface area (Å²) in [6.45, 7) is 6.80. The molecule has 0 heterocycles. The molecule has 0 bridgehead atoms. The lowest BCUT2D eigenvalue weighted by atomic mass is 9.67. The summed E-state index contributed by atoms with van der Waals surface area (Å²) in [4.78, 5) is 0. The SMILES string of the molecule is Cc1c2c3c(cccc3c3cc(Cl)ccc13)C(C)(C)c1cc(Cl)ccc1-2. The highest BCUT2D eigenvalue weighted by molar-refractivity contribution is 6.32. The van der Waals surface area contributed by atoms with E-state index in [9.17, 15) is 0 Å². The minimum atomic E-state index is -0.106. The Morgan fingerprint density at radius 1 is 0.731 bits per heavy atom. The second-order valence-electron chi connectivity index (χ2n) is 7.73. The molecule has 0 spiro atoms. The summed E-state index contributed by atoms with van der Waals surface area (Å²) < 4.78 is 0.